The standard InChI is InChI=1S/C23H29N3O4/c1-13-10-16(14-6-5-7-14)17(11-15(13)21(27)28)20-24-18-8-9-26(12-19(18)25-20)22(29)30-23(2,3)4/h10-11,14H,5-9,12H2,1-4H3,(H,24,25)(H,27,28). The van der Waals surface area contributed by atoms with E-state index in [0.29, 0.717) is 36.8 Å². The van der Waals surface area contributed by atoms with Crippen molar-refractivity contribution in [2.45, 2.75) is 71.4 Å². The summed E-state index contributed by atoms with van der Waals surface area (Å²) in [4.78, 5) is 34.0. The smallest absolute Gasteiger partial charge is 0.410 e. The highest BCUT2D eigenvalue weighted by Crippen LogP contribution is 2.42. The molecule has 2 aliphatic rings. The third kappa shape index (κ3) is 3.93. The molecule has 0 saturated heterocycles. The number of hydrogen-bond donors (Lipinski definition) is 2. The van der Waals surface area contributed by atoms with Gasteiger partial charge in [-0.25, -0.2) is 14.6 Å². The Morgan fingerprint density at radius 1 is 1.27 bits per heavy atom. The first-order chi connectivity index (χ1) is 14.1. The number of aromatic amines is 1. The summed E-state index contributed by atoms with van der Waals surface area (Å²) in [6, 6.07) is 3.76. The van der Waals surface area contributed by atoms with Crippen molar-refractivity contribution in [3.63, 3.8) is 0 Å². The van der Waals surface area contributed by atoms with Gasteiger partial charge in [-0.05, 0) is 63.6 Å². The van der Waals surface area contributed by atoms with Gasteiger partial charge in [0, 0.05) is 18.5 Å². The van der Waals surface area contributed by atoms with E-state index >= 15 is 0 Å². The van der Waals surface area contributed by atoms with Crippen LogP contribution in [0.4, 0.5) is 4.79 Å². The Kier molecular flexibility index (Phi) is 5.08. The van der Waals surface area contributed by atoms with Gasteiger partial charge in [-0.1, -0.05) is 12.5 Å². The maximum absolute atomic E-state index is 12.5. The van der Waals surface area contributed by atoms with E-state index in [9.17, 15) is 14.7 Å². The molecule has 0 bridgehead atoms. The van der Waals surface area contributed by atoms with Gasteiger partial charge < -0.3 is 19.7 Å². The molecule has 1 aliphatic heterocycles. The number of nitrogens with zero attached hydrogens (tertiary/aromatic N) is 2. The highest BCUT2D eigenvalue weighted by molar-refractivity contribution is 5.91. The van der Waals surface area contributed by atoms with Crippen LogP contribution in [-0.4, -0.2) is 44.2 Å². The van der Waals surface area contributed by atoms with E-state index in [1.165, 1.54) is 12.0 Å². The molecule has 1 aromatic carbocycles. The second-order valence-electron chi connectivity index (χ2n) is 9.35. The first kappa shape index (κ1) is 20.4. The number of benzene rings is 1. The van der Waals surface area contributed by atoms with Crippen molar-refractivity contribution in [2.75, 3.05) is 6.54 Å². The molecule has 4 rings (SSSR count). The summed E-state index contributed by atoms with van der Waals surface area (Å²) in [5.74, 6) is 0.207. The van der Waals surface area contributed by atoms with Gasteiger partial charge in [0.05, 0.1) is 23.5 Å². The number of carboxylic acid groups (broad SMARTS) is 1. The zero-order chi connectivity index (χ0) is 21.6. The lowest BCUT2D eigenvalue weighted by molar-refractivity contribution is 0.0220. The summed E-state index contributed by atoms with van der Waals surface area (Å²) in [7, 11) is 0. The van der Waals surface area contributed by atoms with Crippen LogP contribution in [0.2, 0.25) is 0 Å². The summed E-state index contributed by atoms with van der Waals surface area (Å²) < 4.78 is 5.50. The van der Waals surface area contributed by atoms with Gasteiger partial charge in [0.1, 0.15) is 11.4 Å². The van der Waals surface area contributed by atoms with E-state index in [2.05, 4.69) is 4.98 Å². The summed E-state index contributed by atoms with van der Waals surface area (Å²) in [5, 5.41) is 9.60. The van der Waals surface area contributed by atoms with Crippen LogP contribution >= 0.6 is 0 Å². The predicted octanol–water partition coefficient (Wildman–Crippen LogP) is 4.64. The number of aromatic carboxylic acids is 1. The van der Waals surface area contributed by atoms with Crippen LogP contribution in [0.5, 0.6) is 0 Å². The Hall–Kier alpha value is -2.83. The third-order valence-corrected chi connectivity index (χ3v) is 5.91. The number of imidazole rings is 1. The Labute approximate surface area is 176 Å². The van der Waals surface area contributed by atoms with Crippen molar-refractivity contribution in [3.05, 3.63) is 40.2 Å². The highest BCUT2D eigenvalue weighted by atomic mass is 16.6. The minimum atomic E-state index is -0.929. The van der Waals surface area contributed by atoms with Gasteiger partial charge >= 0.3 is 12.1 Å². The van der Waals surface area contributed by atoms with Gasteiger partial charge in [-0.2, -0.15) is 0 Å². The van der Waals surface area contributed by atoms with Crippen LogP contribution in [0.25, 0.3) is 11.4 Å². The lowest BCUT2D eigenvalue weighted by Crippen LogP contribution is -2.39. The van der Waals surface area contributed by atoms with E-state index in [4.69, 9.17) is 9.72 Å². The molecule has 7 nitrogen and oxygen atoms in total. The molecule has 2 N–H and O–H groups in total. The average Bonchev–Trinajstić information content (AvgIpc) is 3.01. The van der Waals surface area contributed by atoms with Crippen molar-refractivity contribution in [1.82, 2.24) is 14.9 Å². The van der Waals surface area contributed by atoms with Crippen LogP contribution < -0.4 is 0 Å². The third-order valence-electron chi connectivity index (χ3n) is 5.91. The van der Waals surface area contributed by atoms with Crippen molar-refractivity contribution in [1.29, 1.82) is 0 Å². The van der Waals surface area contributed by atoms with Crippen molar-refractivity contribution in [3.8, 4) is 11.4 Å². The maximum atomic E-state index is 12.5. The molecule has 2 heterocycles. The quantitative estimate of drug-likeness (QED) is 0.767. The zero-order valence-electron chi connectivity index (χ0n) is 18.0. The molecule has 7 heteroatoms. The van der Waals surface area contributed by atoms with Crippen LogP contribution in [0.1, 0.15) is 78.8 Å². The van der Waals surface area contributed by atoms with Crippen molar-refractivity contribution in [2.24, 2.45) is 0 Å². The number of aryl methyl sites for hydroxylation is 1. The SMILES string of the molecule is Cc1cc(C2CCC2)c(-c2nc3c([nH]2)CN(C(=O)OC(C)(C)C)CC3)cc1C(=O)O. The Balaban J connectivity index is 1.66. The van der Waals surface area contributed by atoms with Crippen LogP contribution in [0, 0.1) is 6.92 Å². The van der Waals surface area contributed by atoms with Crippen LogP contribution in [-0.2, 0) is 17.7 Å². The summed E-state index contributed by atoms with van der Waals surface area (Å²) in [5.41, 5.74) is 4.39. The number of aromatic nitrogens is 2. The Morgan fingerprint density at radius 2 is 2.00 bits per heavy atom. The molecule has 30 heavy (non-hydrogen) atoms. The average molecular weight is 412 g/mol. The van der Waals surface area contributed by atoms with Crippen molar-refractivity contribution >= 4 is 12.1 Å². The minimum absolute atomic E-state index is 0.304. The van der Waals surface area contributed by atoms with E-state index in [1.54, 1.807) is 11.0 Å². The highest BCUT2D eigenvalue weighted by Gasteiger charge is 2.30. The molecular formula is C23H29N3O4. The molecule has 1 saturated carbocycles. The van der Waals surface area contributed by atoms with Gasteiger partial charge in [0.25, 0.3) is 0 Å². The fourth-order valence-electron chi connectivity index (χ4n) is 4.13. The Bertz CT molecular complexity index is 999. The molecule has 160 valence electrons. The zero-order valence-corrected chi connectivity index (χ0v) is 18.0. The van der Waals surface area contributed by atoms with Crippen LogP contribution in [0.15, 0.2) is 12.1 Å². The molecule has 2 aromatic rings. The van der Waals surface area contributed by atoms with Gasteiger partial charge in [-0.15, -0.1) is 0 Å². The number of carbonyl (C=O) groups is 2. The number of fused-ring (bicyclic) bond motifs is 1. The topological polar surface area (TPSA) is 95.5 Å². The van der Waals surface area contributed by atoms with E-state index in [1.807, 2.05) is 33.8 Å². The number of H-pyrrole nitrogens is 1. The molecule has 0 radical (unpaired) electrons. The molecule has 1 amide bonds. The molecule has 0 atom stereocenters. The monoisotopic (exact) mass is 411 g/mol. The normalized spacial score (nSPS) is 16.7. The minimum Gasteiger partial charge on any atom is -0.478 e. The molecule has 1 aromatic heterocycles. The number of rotatable bonds is 3. The van der Waals surface area contributed by atoms with Gasteiger partial charge in [-0.3, -0.25) is 0 Å². The number of amides is 1. The number of carbonyl (C=O) groups excluding carboxylic acids is 1. The lowest BCUT2D eigenvalue weighted by atomic mass is 9.77. The number of ether oxygens (including phenoxy) is 1. The molecule has 1 fully saturated rings. The van der Waals surface area contributed by atoms with E-state index in [0.717, 1.165) is 35.4 Å². The predicted molar refractivity (Wildman–Crippen MR) is 113 cm³/mol. The second-order valence-corrected chi connectivity index (χ2v) is 9.35. The second kappa shape index (κ2) is 7.45. The molecule has 0 unspecified atom stereocenters. The summed E-state index contributed by atoms with van der Waals surface area (Å²) >= 11 is 0. The molecule has 1 aliphatic carbocycles. The summed E-state index contributed by atoms with van der Waals surface area (Å²) in [6.45, 7) is 8.38. The lowest BCUT2D eigenvalue weighted by Gasteiger charge is -2.29. The van der Waals surface area contributed by atoms with Crippen LogP contribution in [0.3, 0.4) is 0 Å². The molecular weight excluding hydrogens is 382 g/mol. The van der Waals surface area contributed by atoms with Gasteiger partial charge in [0.2, 0.25) is 0 Å². The fraction of sp³-hybridized carbons (Fsp3) is 0.522. The fourth-order valence-corrected chi connectivity index (χ4v) is 4.13. The van der Waals surface area contributed by atoms with E-state index in [-0.39, 0.29) is 6.09 Å². The van der Waals surface area contributed by atoms with Crippen molar-refractivity contribution < 1.29 is 19.4 Å². The first-order valence-corrected chi connectivity index (χ1v) is 10.6. The van der Waals surface area contributed by atoms with Gasteiger partial charge in [0.15, 0.2) is 0 Å². The largest absolute Gasteiger partial charge is 0.478 e. The Morgan fingerprint density at radius 3 is 2.60 bits per heavy atom. The maximum Gasteiger partial charge on any atom is 0.410 e. The number of nitrogens with one attached hydrogen (secondary N) is 1. The molecule has 0 spiro atoms. The number of hydrogen-bond acceptors (Lipinski definition) is 4. The van der Waals surface area contributed by atoms with E-state index < -0.39 is 11.6 Å². The number of carboxylic acids is 1. The summed E-state index contributed by atoms with van der Waals surface area (Å²) in [6.07, 6.45) is 3.74. The first-order valence-electron chi connectivity index (χ1n) is 10.6.